The average Bonchev–Trinajstić information content (AvgIpc) is 2.25. The van der Waals surface area contributed by atoms with E-state index in [0.29, 0.717) is 31.7 Å². The van der Waals surface area contributed by atoms with Crippen LogP contribution in [0.5, 0.6) is 0 Å². The zero-order valence-corrected chi connectivity index (χ0v) is 11.7. The second kappa shape index (κ2) is 5.76. The molecule has 1 heterocycles. The quantitative estimate of drug-likeness (QED) is 0.828. The van der Waals surface area contributed by atoms with Gasteiger partial charge in [-0.05, 0) is 12.8 Å². The fraction of sp³-hybridized carbons (Fsp3) is 0.833. The van der Waals surface area contributed by atoms with E-state index in [2.05, 4.69) is 20.8 Å². The summed E-state index contributed by atoms with van der Waals surface area (Å²) in [5, 5.41) is 0. The van der Waals surface area contributed by atoms with E-state index in [-0.39, 0.29) is 22.5 Å². The summed E-state index contributed by atoms with van der Waals surface area (Å²) >= 11 is 1.66. The van der Waals surface area contributed by atoms with Crippen LogP contribution in [-0.2, 0) is 9.59 Å². The van der Waals surface area contributed by atoms with E-state index in [1.54, 1.807) is 11.8 Å². The van der Waals surface area contributed by atoms with E-state index >= 15 is 0 Å². The summed E-state index contributed by atoms with van der Waals surface area (Å²) in [6.07, 6.45) is 1.42. The molecule has 2 N–H and O–H groups in total. The molecule has 0 saturated carbocycles. The summed E-state index contributed by atoms with van der Waals surface area (Å²) in [5.41, 5.74) is 5.26. The Bertz CT molecular complexity index is 291. The van der Waals surface area contributed by atoms with Crippen molar-refractivity contribution in [1.82, 2.24) is 4.90 Å². The number of thioether (sulfide) groups is 1. The van der Waals surface area contributed by atoms with Gasteiger partial charge < -0.3 is 10.6 Å². The molecule has 17 heavy (non-hydrogen) atoms. The number of piperidine rings is 1. The second-order valence-electron chi connectivity index (χ2n) is 5.46. The van der Waals surface area contributed by atoms with E-state index in [1.807, 2.05) is 4.90 Å². The van der Waals surface area contributed by atoms with Gasteiger partial charge in [0.2, 0.25) is 11.8 Å². The first kappa shape index (κ1) is 14.4. The molecule has 0 aromatic heterocycles. The fourth-order valence-electron chi connectivity index (χ4n) is 1.78. The van der Waals surface area contributed by atoms with Crippen LogP contribution < -0.4 is 5.73 Å². The number of hydrogen-bond acceptors (Lipinski definition) is 3. The minimum absolute atomic E-state index is 0.0469. The van der Waals surface area contributed by atoms with Gasteiger partial charge in [0.25, 0.3) is 0 Å². The molecule has 98 valence electrons. The molecule has 0 radical (unpaired) electrons. The van der Waals surface area contributed by atoms with Crippen molar-refractivity contribution >= 4 is 23.6 Å². The van der Waals surface area contributed by atoms with Gasteiger partial charge in [-0.1, -0.05) is 20.8 Å². The summed E-state index contributed by atoms with van der Waals surface area (Å²) in [6.45, 7) is 7.63. The van der Waals surface area contributed by atoms with Gasteiger partial charge in [-0.15, -0.1) is 11.8 Å². The van der Waals surface area contributed by atoms with E-state index in [0.717, 1.165) is 0 Å². The third kappa shape index (κ3) is 4.98. The van der Waals surface area contributed by atoms with Gasteiger partial charge in [0.15, 0.2) is 0 Å². The number of carbonyl (C=O) groups excluding carboxylic acids is 2. The molecule has 5 heteroatoms. The highest BCUT2D eigenvalue weighted by molar-refractivity contribution is 8.01. The van der Waals surface area contributed by atoms with Crippen LogP contribution in [0.2, 0.25) is 0 Å². The minimum Gasteiger partial charge on any atom is -0.369 e. The largest absolute Gasteiger partial charge is 0.369 e. The summed E-state index contributed by atoms with van der Waals surface area (Å²) in [4.78, 5) is 24.8. The van der Waals surface area contributed by atoms with Gasteiger partial charge in [-0.25, -0.2) is 0 Å². The molecule has 0 aromatic rings. The van der Waals surface area contributed by atoms with Crippen molar-refractivity contribution in [2.75, 3.05) is 18.8 Å². The number of primary amides is 1. The van der Waals surface area contributed by atoms with Gasteiger partial charge in [-0.3, -0.25) is 9.59 Å². The Morgan fingerprint density at radius 2 is 1.82 bits per heavy atom. The number of rotatable bonds is 3. The van der Waals surface area contributed by atoms with Crippen molar-refractivity contribution < 1.29 is 9.59 Å². The molecule has 0 aromatic carbocycles. The standard InChI is InChI=1S/C12H22N2O2S/c1-12(2,3)17-8-10(15)14-6-4-9(5-7-14)11(13)16/h9H,4-8H2,1-3H3,(H2,13,16). The Morgan fingerprint density at radius 3 is 2.24 bits per heavy atom. The number of nitrogens with two attached hydrogens (primary N) is 1. The Balaban J connectivity index is 2.33. The molecule has 1 saturated heterocycles. The maximum atomic E-state index is 11.9. The molecule has 0 unspecified atom stereocenters. The van der Waals surface area contributed by atoms with Gasteiger partial charge in [0, 0.05) is 23.8 Å². The average molecular weight is 258 g/mol. The molecule has 0 bridgehead atoms. The number of amides is 2. The first-order valence-corrected chi connectivity index (χ1v) is 6.99. The molecule has 2 amide bonds. The summed E-state index contributed by atoms with van der Waals surface area (Å²) in [5.74, 6) is 0.411. The molecular weight excluding hydrogens is 236 g/mol. The summed E-state index contributed by atoms with van der Waals surface area (Å²) in [6, 6.07) is 0. The lowest BCUT2D eigenvalue weighted by Crippen LogP contribution is -2.42. The van der Waals surface area contributed by atoms with Crippen LogP contribution in [0.4, 0.5) is 0 Å². The van der Waals surface area contributed by atoms with Crippen LogP contribution >= 0.6 is 11.8 Å². The van der Waals surface area contributed by atoms with Crippen LogP contribution in [0.15, 0.2) is 0 Å². The first-order chi connectivity index (χ1) is 7.79. The molecular formula is C12H22N2O2S. The topological polar surface area (TPSA) is 63.4 Å². The van der Waals surface area contributed by atoms with E-state index < -0.39 is 0 Å². The third-order valence-corrected chi connectivity index (χ3v) is 4.14. The molecule has 1 aliphatic heterocycles. The fourth-order valence-corrected chi connectivity index (χ4v) is 2.52. The van der Waals surface area contributed by atoms with Crippen LogP contribution in [0.1, 0.15) is 33.6 Å². The smallest absolute Gasteiger partial charge is 0.232 e. The molecule has 1 aliphatic rings. The molecule has 1 rings (SSSR count). The van der Waals surface area contributed by atoms with Crippen LogP contribution in [-0.4, -0.2) is 40.3 Å². The molecule has 0 aliphatic carbocycles. The number of hydrogen-bond donors (Lipinski definition) is 1. The number of likely N-dealkylation sites (tertiary alicyclic amines) is 1. The van der Waals surface area contributed by atoms with Crippen molar-refractivity contribution in [3.05, 3.63) is 0 Å². The lowest BCUT2D eigenvalue weighted by Gasteiger charge is -2.31. The van der Waals surface area contributed by atoms with Gasteiger partial charge >= 0.3 is 0 Å². The maximum absolute atomic E-state index is 11.9. The molecule has 4 nitrogen and oxygen atoms in total. The lowest BCUT2D eigenvalue weighted by molar-refractivity contribution is -0.132. The van der Waals surface area contributed by atoms with Gasteiger partial charge in [0.05, 0.1) is 5.75 Å². The minimum atomic E-state index is -0.235. The normalized spacial score (nSPS) is 18.2. The summed E-state index contributed by atoms with van der Waals surface area (Å²) in [7, 11) is 0. The monoisotopic (exact) mass is 258 g/mol. The van der Waals surface area contributed by atoms with Gasteiger partial charge in [0.1, 0.15) is 0 Å². The Labute approximate surface area is 107 Å². The van der Waals surface area contributed by atoms with Crippen LogP contribution in [0.3, 0.4) is 0 Å². The van der Waals surface area contributed by atoms with E-state index in [1.165, 1.54) is 0 Å². The molecule has 1 fully saturated rings. The molecule has 0 spiro atoms. The highest BCUT2D eigenvalue weighted by atomic mass is 32.2. The van der Waals surface area contributed by atoms with Crippen molar-refractivity contribution in [2.45, 2.75) is 38.4 Å². The SMILES string of the molecule is CC(C)(C)SCC(=O)N1CCC(C(N)=O)CC1. The predicted molar refractivity (Wildman–Crippen MR) is 70.7 cm³/mol. The van der Waals surface area contributed by atoms with Crippen molar-refractivity contribution in [1.29, 1.82) is 0 Å². The van der Waals surface area contributed by atoms with Gasteiger partial charge in [-0.2, -0.15) is 0 Å². The second-order valence-corrected chi connectivity index (χ2v) is 7.26. The lowest BCUT2D eigenvalue weighted by atomic mass is 9.96. The van der Waals surface area contributed by atoms with E-state index in [9.17, 15) is 9.59 Å². The van der Waals surface area contributed by atoms with Crippen molar-refractivity contribution in [3.8, 4) is 0 Å². The Hall–Kier alpha value is -0.710. The third-order valence-electron chi connectivity index (χ3n) is 2.88. The molecule has 0 atom stereocenters. The Kier molecular flexibility index (Phi) is 4.86. The summed E-state index contributed by atoms with van der Waals surface area (Å²) < 4.78 is 0.112. The highest BCUT2D eigenvalue weighted by Gasteiger charge is 2.26. The van der Waals surface area contributed by atoms with E-state index in [4.69, 9.17) is 5.73 Å². The Morgan fingerprint density at radius 1 is 1.29 bits per heavy atom. The van der Waals surface area contributed by atoms with Crippen molar-refractivity contribution in [2.24, 2.45) is 11.7 Å². The van der Waals surface area contributed by atoms with Crippen LogP contribution in [0.25, 0.3) is 0 Å². The predicted octanol–water partition coefficient (Wildman–Crippen LogP) is 1.24. The number of carbonyl (C=O) groups is 2. The van der Waals surface area contributed by atoms with Crippen LogP contribution in [0, 0.1) is 5.92 Å². The number of nitrogens with zero attached hydrogens (tertiary/aromatic N) is 1. The zero-order valence-electron chi connectivity index (χ0n) is 10.9. The zero-order chi connectivity index (χ0) is 13.1. The van der Waals surface area contributed by atoms with Crippen molar-refractivity contribution in [3.63, 3.8) is 0 Å². The highest BCUT2D eigenvalue weighted by Crippen LogP contribution is 2.24. The maximum Gasteiger partial charge on any atom is 0.232 e. The first-order valence-electron chi connectivity index (χ1n) is 6.00.